The number of nitrogens with zero attached hydrogens (tertiary/aromatic N) is 1. The van der Waals surface area contributed by atoms with Gasteiger partial charge in [0.2, 0.25) is 0 Å². The largest absolute Gasteiger partial charge is 0.480 e. The highest BCUT2D eigenvalue weighted by molar-refractivity contribution is 7.98. The Morgan fingerprint density at radius 3 is 2.72 bits per heavy atom. The minimum absolute atomic E-state index is 0.357. The highest BCUT2D eigenvalue weighted by Gasteiger charge is 2.23. The van der Waals surface area contributed by atoms with Crippen LogP contribution in [0.2, 0.25) is 10.0 Å². The number of halogens is 2. The number of thiazole rings is 1. The number of thioether (sulfide) groups is 1. The molecule has 0 saturated carbocycles. The molecule has 0 spiro atoms. The predicted molar refractivity (Wildman–Crippen MR) is 104 cm³/mol. The SMILES string of the molecule is CSCCC(NC(=O)c1sc(-c2ccc(Cl)cc2Cl)nc1C)C(=O)O. The van der Waals surface area contributed by atoms with Gasteiger partial charge in [0.05, 0.1) is 10.7 Å². The Balaban J connectivity index is 2.23. The van der Waals surface area contributed by atoms with E-state index < -0.39 is 17.9 Å². The van der Waals surface area contributed by atoms with E-state index in [0.717, 1.165) is 0 Å². The number of nitrogens with one attached hydrogen (secondary N) is 1. The van der Waals surface area contributed by atoms with E-state index in [9.17, 15) is 14.7 Å². The number of carboxylic acid groups (broad SMARTS) is 1. The van der Waals surface area contributed by atoms with Crippen molar-refractivity contribution in [3.05, 3.63) is 38.8 Å². The first-order valence-corrected chi connectivity index (χ1v) is 10.3. The maximum Gasteiger partial charge on any atom is 0.326 e. The summed E-state index contributed by atoms with van der Waals surface area (Å²) in [6.45, 7) is 1.70. The van der Waals surface area contributed by atoms with Crippen LogP contribution < -0.4 is 5.32 Å². The van der Waals surface area contributed by atoms with Gasteiger partial charge in [-0.15, -0.1) is 11.3 Å². The number of aliphatic carboxylic acids is 1. The van der Waals surface area contributed by atoms with E-state index in [2.05, 4.69) is 10.3 Å². The molecule has 0 saturated heterocycles. The van der Waals surface area contributed by atoms with Crippen LogP contribution in [0.1, 0.15) is 21.8 Å². The molecule has 1 amide bonds. The summed E-state index contributed by atoms with van der Waals surface area (Å²) in [5.74, 6) is -0.852. The molecular formula is C16H16Cl2N2O3S2. The zero-order chi connectivity index (χ0) is 18.6. The molecule has 1 aromatic heterocycles. The summed E-state index contributed by atoms with van der Waals surface area (Å²) in [6.07, 6.45) is 2.24. The van der Waals surface area contributed by atoms with E-state index in [1.807, 2.05) is 6.26 Å². The number of carboxylic acids is 1. The molecule has 2 aromatic rings. The molecule has 0 bridgehead atoms. The molecule has 134 valence electrons. The minimum atomic E-state index is -1.05. The molecule has 25 heavy (non-hydrogen) atoms. The summed E-state index contributed by atoms with van der Waals surface area (Å²) < 4.78 is 0. The normalized spacial score (nSPS) is 12.0. The molecule has 1 unspecified atom stereocenters. The van der Waals surface area contributed by atoms with Crippen LogP contribution in [0.4, 0.5) is 0 Å². The molecule has 2 N–H and O–H groups in total. The molecule has 0 aliphatic heterocycles. The van der Waals surface area contributed by atoms with Gasteiger partial charge in [0.25, 0.3) is 5.91 Å². The highest BCUT2D eigenvalue weighted by Crippen LogP contribution is 2.34. The second-order valence-electron chi connectivity index (χ2n) is 5.20. The third kappa shape index (κ3) is 5.10. The van der Waals surface area contributed by atoms with Gasteiger partial charge in [-0.25, -0.2) is 9.78 Å². The van der Waals surface area contributed by atoms with Gasteiger partial charge in [-0.2, -0.15) is 11.8 Å². The van der Waals surface area contributed by atoms with Crippen molar-refractivity contribution in [2.24, 2.45) is 0 Å². The van der Waals surface area contributed by atoms with Crippen molar-refractivity contribution in [1.29, 1.82) is 0 Å². The van der Waals surface area contributed by atoms with Crippen molar-refractivity contribution in [3.8, 4) is 10.6 Å². The monoisotopic (exact) mass is 418 g/mol. The van der Waals surface area contributed by atoms with Crippen LogP contribution in [0.3, 0.4) is 0 Å². The van der Waals surface area contributed by atoms with Crippen LogP contribution in [0, 0.1) is 6.92 Å². The summed E-state index contributed by atoms with van der Waals surface area (Å²) >= 11 is 14.8. The summed E-state index contributed by atoms with van der Waals surface area (Å²) in [6, 6.07) is 4.12. The smallest absolute Gasteiger partial charge is 0.326 e. The van der Waals surface area contributed by atoms with E-state index in [1.165, 1.54) is 23.1 Å². The molecule has 1 aromatic carbocycles. The number of aryl methyl sites for hydroxylation is 1. The van der Waals surface area contributed by atoms with Crippen molar-refractivity contribution >= 4 is 58.2 Å². The van der Waals surface area contributed by atoms with Gasteiger partial charge in [0.1, 0.15) is 15.9 Å². The Hall–Kier alpha value is -1.28. The van der Waals surface area contributed by atoms with Crippen LogP contribution >= 0.6 is 46.3 Å². The van der Waals surface area contributed by atoms with Gasteiger partial charge in [0.15, 0.2) is 0 Å². The van der Waals surface area contributed by atoms with Crippen molar-refractivity contribution < 1.29 is 14.7 Å². The summed E-state index contributed by atoms with van der Waals surface area (Å²) in [5.41, 5.74) is 1.20. The first kappa shape index (κ1) is 20.0. The van der Waals surface area contributed by atoms with Gasteiger partial charge in [-0.1, -0.05) is 23.2 Å². The average molecular weight is 419 g/mol. The van der Waals surface area contributed by atoms with Crippen molar-refractivity contribution in [3.63, 3.8) is 0 Å². The van der Waals surface area contributed by atoms with Crippen LogP contribution in [0.5, 0.6) is 0 Å². The topological polar surface area (TPSA) is 79.3 Å². The molecule has 9 heteroatoms. The zero-order valence-electron chi connectivity index (χ0n) is 13.5. The summed E-state index contributed by atoms with van der Waals surface area (Å²) in [7, 11) is 0. The molecule has 0 aliphatic rings. The van der Waals surface area contributed by atoms with E-state index in [1.54, 1.807) is 25.1 Å². The molecule has 1 atom stereocenters. The van der Waals surface area contributed by atoms with Gasteiger partial charge in [-0.3, -0.25) is 4.79 Å². The Morgan fingerprint density at radius 2 is 2.12 bits per heavy atom. The molecular weight excluding hydrogens is 403 g/mol. The van der Waals surface area contributed by atoms with Crippen LogP contribution in [0.25, 0.3) is 10.6 Å². The lowest BCUT2D eigenvalue weighted by Gasteiger charge is -2.13. The number of rotatable bonds is 7. The maximum atomic E-state index is 12.5. The molecule has 0 radical (unpaired) electrons. The molecule has 2 rings (SSSR count). The number of aromatic nitrogens is 1. The van der Waals surface area contributed by atoms with E-state index in [4.69, 9.17) is 23.2 Å². The molecule has 0 fully saturated rings. The lowest BCUT2D eigenvalue weighted by Crippen LogP contribution is -2.41. The fourth-order valence-corrected chi connectivity index (χ4v) is 4.14. The zero-order valence-corrected chi connectivity index (χ0v) is 16.7. The average Bonchev–Trinajstić information content (AvgIpc) is 2.92. The minimum Gasteiger partial charge on any atom is -0.480 e. The third-order valence-corrected chi connectivity index (χ3v) is 5.76. The summed E-state index contributed by atoms with van der Waals surface area (Å²) in [4.78, 5) is 28.5. The van der Waals surface area contributed by atoms with Gasteiger partial charge >= 0.3 is 5.97 Å². The lowest BCUT2D eigenvalue weighted by atomic mass is 10.2. The molecule has 5 nitrogen and oxygen atoms in total. The van der Waals surface area contributed by atoms with Gasteiger partial charge in [-0.05, 0) is 43.6 Å². The van der Waals surface area contributed by atoms with Gasteiger partial charge < -0.3 is 10.4 Å². The maximum absolute atomic E-state index is 12.5. The number of hydrogen-bond acceptors (Lipinski definition) is 5. The highest BCUT2D eigenvalue weighted by atomic mass is 35.5. The Kier molecular flexibility index (Phi) is 7.13. The van der Waals surface area contributed by atoms with E-state index in [-0.39, 0.29) is 0 Å². The molecule has 0 aliphatic carbocycles. The van der Waals surface area contributed by atoms with Crippen molar-refractivity contribution in [2.45, 2.75) is 19.4 Å². The standard InChI is InChI=1S/C16H16Cl2N2O3S2/c1-8-13(14(21)20-12(16(22)23)5-6-24-2)25-15(19-8)10-4-3-9(17)7-11(10)18/h3-4,7,12H,5-6H2,1-2H3,(H,20,21)(H,22,23). The number of carbonyl (C=O) groups excluding carboxylic acids is 1. The first-order valence-electron chi connectivity index (χ1n) is 7.29. The Labute approximate surface area is 163 Å². The molecule has 1 heterocycles. The Bertz CT molecular complexity index is 796. The second-order valence-corrected chi connectivity index (χ2v) is 8.03. The lowest BCUT2D eigenvalue weighted by molar-refractivity contribution is -0.139. The quantitative estimate of drug-likeness (QED) is 0.697. The fraction of sp³-hybridized carbons (Fsp3) is 0.312. The second kappa shape index (κ2) is 8.89. The first-order chi connectivity index (χ1) is 11.8. The summed E-state index contributed by atoms with van der Waals surface area (Å²) in [5, 5.41) is 13.3. The fourth-order valence-electron chi connectivity index (χ4n) is 2.10. The van der Waals surface area contributed by atoms with E-state index in [0.29, 0.717) is 43.4 Å². The number of amides is 1. The number of hydrogen-bond donors (Lipinski definition) is 2. The van der Waals surface area contributed by atoms with Gasteiger partial charge in [0, 0.05) is 10.6 Å². The van der Waals surface area contributed by atoms with Crippen LogP contribution in [-0.4, -0.2) is 40.0 Å². The predicted octanol–water partition coefficient (Wildman–Crippen LogP) is 4.36. The number of benzene rings is 1. The number of carbonyl (C=O) groups is 2. The van der Waals surface area contributed by atoms with Crippen LogP contribution in [0.15, 0.2) is 18.2 Å². The van der Waals surface area contributed by atoms with E-state index >= 15 is 0 Å². The van der Waals surface area contributed by atoms with Crippen LogP contribution in [-0.2, 0) is 4.79 Å². The van der Waals surface area contributed by atoms with Crippen molar-refractivity contribution in [1.82, 2.24) is 10.3 Å². The van der Waals surface area contributed by atoms with Crippen molar-refractivity contribution in [2.75, 3.05) is 12.0 Å². The Morgan fingerprint density at radius 1 is 1.40 bits per heavy atom. The third-order valence-electron chi connectivity index (χ3n) is 3.38.